The van der Waals surface area contributed by atoms with Crippen molar-refractivity contribution >= 4 is 39.2 Å². The molecule has 0 bridgehead atoms. The molecule has 0 saturated heterocycles. The minimum atomic E-state index is -4.04. The van der Waals surface area contributed by atoms with Gasteiger partial charge in [0.1, 0.15) is 6.04 Å². The van der Waals surface area contributed by atoms with Crippen LogP contribution in [0, 0.1) is 0 Å². The van der Waals surface area contributed by atoms with E-state index in [-0.39, 0.29) is 10.9 Å². The standard InChI is InChI=1S/C18H23N5O5S2/c19-18(20)21-10-4-5-12-8-9-15(29-12)16(24)22-11-14(17(25)26)23-30(27,28)13-6-2-1-3-7-13/h1-3,6-9,14,23H,4-5,10-11H2,(H,22,24)(H,25,26)(H4,19,20,21)/t14-/m0/s1. The number of nitrogens with zero attached hydrogens (tertiary/aromatic N) is 1. The van der Waals surface area contributed by atoms with E-state index in [1.807, 2.05) is 0 Å². The van der Waals surface area contributed by atoms with Crippen LogP contribution in [0.1, 0.15) is 21.0 Å². The molecule has 1 amide bonds. The fraction of sp³-hybridized carbons (Fsp3) is 0.278. The molecule has 0 radical (unpaired) electrons. The monoisotopic (exact) mass is 453 g/mol. The lowest BCUT2D eigenvalue weighted by atomic mass is 10.2. The topological polar surface area (TPSA) is 177 Å². The summed E-state index contributed by atoms with van der Waals surface area (Å²) in [4.78, 5) is 28.9. The third-order valence-electron chi connectivity index (χ3n) is 3.88. The van der Waals surface area contributed by atoms with Crippen molar-refractivity contribution in [3.63, 3.8) is 0 Å². The third kappa shape index (κ3) is 7.13. The van der Waals surface area contributed by atoms with Crippen LogP contribution < -0.4 is 21.5 Å². The van der Waals surface area contributed by atoms with Crippen LogP contribution in [-0.2, 0) is 21.2 Å². The second-order valence-corrected chi connectivity index (χ2v) is 9.09. The van der Waals surface area contributed by atoms with Crippen molar-refractivity contribution in [1.29, 1.82) is 0 Å². The molecule has 0 fully saturated rings. The van der Waals surface area contributed by atoms with Gasteiger partial charge in [-0.05, 0) is 37.1 Å². The predicted octanol–water partition coefficient (Wildman–Crippen LogP) is 0.116. The first-order valence-electron chi connectivity index (χ1n) is 8.91. The molecule has 0 saturated carbocycles. The molecule has 30 heavy (non-hydrogen) atoms. The Labute approximate surface area is 178 Å². The highest BCUT2D eigenvalue weighted by Crippen LogP contribution is 2.18. The van der Waals surface area contributed by atoms with Crippen LogP contribution in [0.3, 0.4) is 0 Å². The van der Waals surface area contributed by atoms with E-state index in [0.717, 1.165) is 4.88 Å². The van der Waals surface area contributed by atoms with E-state index in [2.05, 4.69) is 15.0 Å². The second-order valence-electron chi connectivity index (χ2n) is 6.21. The summed E-state index contributed by atoms with van der Waals surface area (Å²) in [6, 6.07) is 9.29. The van der Waals surface area contributed by atoms with Gasteiger partial charge in [-0.1, -0.05) is 18.2 Å². The lowest BCUT2D eigenvalue weighted by Crippen LogP contribution is -2.48. The largest absolute Gasteiger partial charge is 0.480 e. The first-order valence-corrected chi connectivity index (χ1v) is 11.2. The van der Waals surface area contributed by atoms with Gasteiger partial charge in [-0.2, -0.15) is 4.72 Å². The van der Waals surface area contributed by atoms with Gasteiger partial charge in [0.2, 0.25) is 10.0 Å². The quantitative estimate of drug-likeness (QED) is 0.182. The van der Waals surface area contributed by atoms with Crippen molar-refractivity contribution in [2.45, 2.75) is 23.8 Å². The molecule has 7 N–H and O–H groups in total. The van der Waals surface area contributed by atoms with E-state index in [1.165, 1.54) is 35.6 Å². The molecule has 0 aliphatic rings. The molecule has 0 spiro atoms. The Balaban J connectivity index is 1.93. The molecule has 1 aromatic heterocycles. The van der Waals surface area contributed by atoms with Crippen LogP contribution in [0.4, 0.5) is 0 Å². The second kappa shape index (κ2) is 10.7. The van der Waals surface area contributed by atoms with Gasteiger partial charge in [0.25, 0.3) is 5.91 Å². The van der Waals surface area contributed by atoms with E-state index < -0.39 is 34.5 Å². The lowest BCUT2D eigenvalue weighted by Gasteiger charge is -2.15. The number of guanidine groups is 1. The smallest absolute Gasteiger partial charge is 0.323 e. The summed E-state index contributed by atoms with van der Waals surface area (Å²) in [5.74, 6) is -1.86. The number of carboxylic acids is 1. The van der Waals surface area contributed by atoms with E-state index in [9.17, 15) is 23.1 Å². The summed E-state index contributed by atoms with van der Waals surface area (Å²) in [6.45, 7) is 0.0710. The first kappa shape index (κ1) is 23.3. The number of carboxylic acid groups (broad SMARTS) is 1. The molecule has 1 atom stereocenters. The van der Waals surface area contributed by atoms with Crippen LogP contribution in [0.5, 0.6) is 0 Å². The van der Waals surface area contributed by atoms with Gasteiger partial charge in [-0.3, -0.25) is 14.6 Å². The molecule has 1 aromatic carbocycles. The van der Waals surface area contributed by atoms with Crippen LogP contribution in [0.25, 0.3) is 0 Å². The average Bonchev–Trinajstić information content (AvgIpc) is 3.17. The molecule has 2 rings (SSSR count). The van der Waals surface area contributed by atoms with Crippen LogP contribution in [0.15, 0.2) is 52.4 Å². The number of amides is 1. The Hall–Kier alpha value is -2.96. The normalized spacial score (nSPS) is 12.1. The Morgan fingerprint density at radius 2 is 1.83 bits per heavy atom. The number of nitrogens with two attached hydrogens (primary N) is 2. The number of aryl methyl sites for hydroxylation is 1. The molecule has 0 aliphatic carbocycles. The van der Waals surface area contributed by atoms with Crippen molar-refractivity contribution in [2.24, 2.45) is 16.5 Å². The van der Waals surface area contributed by atoms with E-state index in [1.54, 1.807) is 18.2 Å². The van der Waals surface area contributed by atoms with Gasteiger partial charge in [-0.25, -0.2) is 8.42 Å². The Morgan fingerprint density at radius 1 is 1.13 bits per heavy atom. The predicted molar refractivity (Wildman–Crippen MR) is 114 cm³/mol. The lowest BCUT2D eigenvalue weighted by molar-refractivity contribution is -0.138. The van der Waals surface area contributed by atoms with Crippen molar-refractivity contribution < 1.29 is 23.1 Å². The van der Waals surface area contributed by atoms with Gasteiger partial charge in [0, 0.05) is 18.0 Å². The summed E-state index contributed by atoms with van der Waals surface area (Å²) in [6.07, 6.45) is 1.39. The number of nitrogens with one attached hydrogen (secondary N) is 2. The molecular formula is C18H23N5O5S2. The highest BCUT2D eigenvalue weighted by Gasteiger charge is 2.26. The number of hydrogen-bond donors (Lipinski definition) is 5. The van der Waals surface area contributed by atoms with Crippen LogP contribution >= 0.6 is 11.3 Å². The highest BCUT2D eigenvalue weighted by atomic mass is 32.2. The van der Waals surface area contributed by atoms with Crippen LogP contribution in [-0.4, -0.2) is 50.5 Å². The number of carbonyl (C=O) groups excluding carboxylic acids is 1. The van der Waals surface area contributed by atoms with Gasteiger partial charge >= 0.3 is 5.97 Å². The number of carbonyl (C=O) groups is 2. The van der Waals surface area contributed by atoms with Crippen molar-refractivity contribution in [3.8, 4) is 0 Å². The average molecular weight is 454 g/mol. The Morgan fingerprint density at radius 3 is 2.47 bits per heavy atom. The number of sulfonamides is 1. The zero-order valence-electron chi connectivity index (χ0n) is 15.9. The van der Waals surface area contributed by atoms with E-state index >= 15 is 0 Å². The number of thiophene rings is 1. The molecule has 2 aromatic rings. The summed E-state index contributed by atoms with van der Waals surface area (Å²) >= 11 is 1.26. The maximum atomic E-state index is 12.3. The SMILES string of the molecule is NC(N)=NCCCc1ccc(C(=O)NC[C@H](NS(=O)(=O)c2ccccc2)C(=O)O)s1. The zero-order valence-corrected chi connectivity index (χ0v) is 17.6. The molecule has 1 heterocycles. The summed E-state index contributed by atoms with van der Waals surface area (Å²) in [5, 5.41) is 11.8. The minimum Gasteiger partial charge on any atom is -0.480 e. The first-order chi connectivity index (χ1) is 14.2. The fourth-order valence-corrected chi connectivity index (χ4v) is 4.59. The molecule has 12 heteroatoms. The number of aliphatic carboxylic acids is 1. The van der Waals surface area contributed by atoms with E-state index in [4.69, 9.17) is 11.5 Å². The van der Waals surface area contributed by atoms with Crippen LogP contribution in [0.2, 0.25) is 0 Å². The van der Waals surface area contributed by atoms with Gasteiger partial charge in [-0.15, -0.1) is 11.3 Å². The fourth-order valence-electron chi connectivity index (χ4n) is 2.41. The number of aliphatic imine (C=N–C) groups is 1. The van der Waals surface area contributed by atoms with Gasteiger partial charge in [0.05, 0.1) is 9.77 Å². The maximum absolute atomic E-state index is 12.3. The molecule has 0 unspecified atom stereocenters. The highest BCUT2D eigenvalue weighted by molar-refractivity contribution is 7.89. The Kier molecular flexibility index (Phi) is 8.33. The summed E-state index contributed by atoms with van der Waals surface area (Å²) in [5.41, 5.74) is 10.5. The molecule has 162 valence electrons. The number of rotatable bonds is 11. The summed E-state index contributed by atoms with van der Waals surface area (Å²) in [7, 11) is -4.04. The maximum Gasteiger partial charge on any atom is 0.323 e. The summed E-state index contributed by atoms with van der Waals surface area (Å²) < 4.78 is 26.7. The van der Waals surface area contributed by atoms with Crippen molar-refractivity contribution in [3.05, 3.63) is 52.2 Å². The number of benzene rings is 1. The minimum absolute atomic E-state index is 0.0251. The molecule has 10 nitrogen and oxygen atoms in total. The van der Waals surface area contributed by atoms with Crippen molar-refractivity contribution in [2.75, 3.05) is 13.1 Å². The van der Waals surface area contributed by atoms with Gasteiger partial charge in [0.15, 0.2) is 5.96 Å². The molecule has 0 aliphatic heterocycles. The number of hydrogen-bond acceptors (Lipinski definition) is 6. The van der Waals surface area contributed by atoms with Gasteiger partial charge < -0.3 is 21.9 Å². The molecular weight excluding hydrogens is 430 g/mol. The van der Waals surface area contributed by atoms with E-state index in [0.29, 0.717) is 24.3 Å². The van der Waals surface area contributed by atoms with Crippen molar-refractivity contribution in [1.82, 2.24) is 10.0 Å². The Bertz CT molecular complexity index is 1000. The zero-order chi connectivity index (χ0) is 22.1. The third-order valence-corrected chi connectivity index (χ3v) is 6.51.